The molecular formula is C37H42F5N3O4. The summed E-state index contributed by atoms with van der Waals surface area (Å²) >= 11 is 0. The average Bonchev–Trinajstić information content (AvgIpc) is 3.81. The SMILES string of the molecule is Cc1cc(-c2c(C)cc(F)cc2C2CC2)cc(C(CC(=O)O)NC(=O)C(CC(C)C)n2cc(CCN3CCC3)c(C(F)(F)F)cc2=O)c1F. The summed E-state index contributed by atoms with van der Waals surface area (Å²) in [5.41, 5.74) is 0.533. The molecule has 49 heavy (non-hydrogen) atoms. The van der Waals surface area contributed by atoms with Crippen LogP contribution in [0, 0.1) is 31.4 Å². The van der Waals surface area contributed by atoms with Crippen LogP contribution < -0.4 is 10.9 Å². The van der Waals surface area contributed by atoms with Gasteiger partial charge in [-0.2, -0.15) is 13.2 Å². The predicted molar refractivity (Wildman–Crippen MR) is 175 cm³/mol. The number of halogens is 5. The Morgan fingerprint density at radius 3 is 2.29 bits per heavy atom. The van der Waals surface area contributed by atoms with E-state index in [0.717, 1.165) is 48.7 Å². The van der Waals surface area contributed by atoms with Gasteiger partial charge in [0.15, 0.2) is 0 Å². The topological polar surface area (TPSA) is 91.6 Å². The second-order valence-electron chi connectivity index (χ2n) is 13.9. The Kier molecular flexibility index (Phi) is 10.7. The summed E-state index contributed by atoms with van der Waals surface area (Å²) in [5.74, 6) is -3.33. The fourth-order valence-electron chi connectivity index (χ4n) is 6.73. The normalized spacial score (nSPS) is 16.4. The van der Waals surface area contributed by atoms with Crippen LogP contribution in [0.3, 0.4) is 0 Å². The molecule has 2 aromatic carbocycles. The monoisotopic (exact) mass is 687 g/mol. The van der Waals surface area contributed by atoms with Gasteiger partial charge in [0.2, 0.25) is 5.91 Å². The highest BCUT2D eigenvalue weighted by molar-refractivity contribution is 5.82. The van der Waals surface area contributed by atoms with Gasteiger partial charge in [-0.3, -0.25) is 14.4 Å². The number of nitrogens with zero attached hydrogens (tertiary/aromatic N) is 2. The van der Waals surface area contributed by atoms with Crippen LogP contribution >= 0.6 is 0 Å². The number of likely N-dealkylation sites (tertiary alicyclic amines) is 1. The number of nitrogens with one attached hydrogen (secondary N) is 1. The van der Waals surface area contributed by atoms with Gasteiger partial charge in [-0.1, -0.05) is 13.8 Å². The second kappa shape index (κ2) is 14.4. The van der Waals surface area contributed by atoms with Crippen molar-refractivity contribution in [3.8, 4) is 11.1 Å². The molecule has 2 atom stereocenters. The number of carboxylic acid groups (broad SMARTS) is 1. The molecule has 2 N–H and O–H groups in total. The fraction of sp³-hybridized carbons (Fsp3) is 0.486. The number of pyridine rings is 1. The minimum absolute atomic E-state index is 0.00963. The molecule has 0 radical (unpaired) electrons. The highest BCUT2D eigenvalue weighted by atomic mass is 19.4. The van der Waals surface area contributed by atoms with Crippen molar-refractivity contribution in [2.24, 2.45) is 5.92 Å². The molecule has 7 nitrogen and oxygen atoms in total. The van der Waals surface area contributed by atoms with Crippen LogP contribution in [0.15, 0.2) is 41.3 Å². The van der Waals surface area contributed by atoms with Crippen LogP contribution in [-0.2, 0) is 22.2 Å². The zero-order valence-electron chi connectivity index (χ0n) is 28.1. The molecule has 2 fully saturated rings. The molecule has 1 amide bonds. The summed E-state index contributed by atoms with van der Waals surface area (Å²) in [6.07, 6.45) is -1.64. The number of rotatable bonds is 13. The molecular weight excluding hydrogens is 645 g/mol. The van der Waals surface area contributed by atoms with E-state index in [1.165, 1.54) is 25.1 Å². The number of carboxylic acids is 1. The highest BCUT2D eigenvalue weighted by Gasteiger charge is 2.36. The summed E-state index contributed by atoms with van der Waals surface area (Å²) in [7, 11) is 0. The number of aryl methyl sites for hydroxylation is 2. The maximum absolute atomic E-state index is 15.9. The molecule has 1 aliphatic heterocycles. The van der Waals surface area contributed by atoms with Crippen LogP contribution in [-0.4, -0.2) is 46.1 Å². The molecule has 1 saturated carbocycles. The van der Waals surface area contributed by atoms with Crippen molar-refractivity contribution in [1.29, 1.82) is 0 Å². The summed E-state index contributed by atoms with van der Waals surface area (Å²) in [6, 6.07) is 3.74. The molecule has 1 aliphatic carbocycles. The summed E-state index contributed by atoms with van der Waals surface area (Å²) in [4.78, 5) is 41.4. The highest BCUT2D eigenvalue weighted by Crippen LogP contribution is 2.46. The van der Waals surface area contributed by atoms with Gasteiger partial charge in [0.25, 0.3) is 5.56 Å². The van der Waals surface area contributed by atoms with E-state index in [-0.39, 0.29) is 41.4 Å². The molecule has 1 aromatic heterocycles. The molecule has 2 unspecified atom stereocenters. The van der Waals surface area contributed by atoms with Crippen LogP contribution in [0.2, 0.25) is 0 Å². The van der Waals surface area contributed by atoms with Gasteiger partial charge in [-0.25, -0.2) is 8.78 Å². The number of carbonyl (C=O) groups is 2. The number of benzene rings is 2. The largest absolute Gasteiger partial charge is 0.481 e. The van der Waals surface area contributed by atoms with E-state index in [0.29, 0.717) is 29.3 Å². The van der Waals surface area contributed by atoms with Crippen molar-refractivity contribution < 1.29 is 36.6 Å². The Morgan fingerprint density at radius 1 is 1.02 bits per heavy atom. The summed E-state index contributed by atoms with van der Waals surface area (Å²) < 4.78 is 73.4. The minimum Gasteiger partial charge on any atom is -0.481 e. The minimum atomic E-state index is -4.78. The van der Waals surface area contributed by atoms with Gasteiger partial charge in [-0.05, 0) is 129 Å². The maximum atomic E-state index is 15.9. The molecule has 2 aliphatic rings. The van der Waals surface area contributed by atoms with Crippen molar-refractivity contribution in [3.05, 3.63) is 91.9 Å². The van der Waals surface area contributed by atoms with E-state index < -0.39 is 59.3 Å². The number of hydrogen-bond donors (Lipinski definition) is 2. The third-order valence-electron chi connectivity index (χ3n) is 9.44. The molecule has 12 heteroatoms. The van der Waals surface area contributed by atoms with Crippen molar-refractivity contribution >= 4 is 11.9 Å². The lowest BCUT2D eigenvalue weighted by atomic mass is 9.88. The average molecular weight is 688 g/mol. The Labute approximate surface area is 282 Å². The van der Waals surface area contributed by atoms with Crippen molar-refractivity contribution in [1.82, 2.24) is 14.8 Å². The van der Waals surface area contributed by atoms with Gasteiger partial charge in [0.1, 0.15) is 17.7 Å². The fourth-order valence-corrected chi connectivity index (χ4v) is 6.73. The quantitative estimate of drug-likeness (QED) is 0.182. The smallest absolute Gasteiger partial charge is 0.416 e. The standard InChI is InChI=1S/C37H42F5N3O4/c1-20(2)12-31(45-19-24(8-11-44-9-5-10-44)29(17-32(45)46)37(40,41)42)36(49)43-30(18-33(47)48)28-15-25(13-22(4)35(28)39)34-21(3)14-26(38)16-27(34)23-6-7-23/h13-17,19-20,23,30-31H,5-12,18H2,1-4H3,(H,43,49)(H,47,48). The molecule has 0 bridgehead atoms. The molecule has 1 saturated heterocycles. The van der Waals surface area contributed by atoms with Crippen LogP contribution in [0.5, 0.6) is 0 Å². The van der Waals surface area contributed by atoms with E-state index >= 15 is 4.39 Å². The van der Waals surface area contributed by atoms with E-state index in [1.807, 2.05) is 4.90 Å². The van der Waals surface area contributed by atoms with Gasteiger partial charge in [0, 0.05) is 24.4 Å². The number of hydrogen-bond acceptors (Lipinski definition) is 4. The van der Waals surface area contributed by atoms with Gasteiger partial charge >= 0.3 is 12.1 Å². The molecule has 0 spiro atoms. The number of alkyl halides is 3. The van der Waals surface area contributed by atoms with Crippen LogP contribution in [0.4, 0.5) is 22.0 Å². The van der Waals surface area contributed by atoms with Gasteiger partial charge in [0.05, 0.1) is 18.0 Å². The first kappa shape index (κ1) is 36.2. The van der Waals surface area contributed by atoms with E-state index in [9.17, 15) is 37.1 Å². The molecule has 3 aromatic rings. The lowest BCUT2D eigenvalue weighted by Crippen LogP contribution is -2.41. The third kappa shape index (κ3) is 8.40. The van der Waals surface area contributed by atoms with Crippen LogP contribution in [0.1, 0.15) is 97.3 Å². The number of amides is 1. The number of aromatic nitrogens is 1. The lowest BCUT2D eigenvalue weighted by molar-refractivity contribution is -0.139. The predicted octanol–water partition coefficient (Wildman–Crippen LogP) is 7.47. The second-order valence-corrected chi connectivity index (χ2v) is 13.9. The number of carbonyl (C=O) groups excluding carboxylic acids is 1. The number of aliphatic carboxylic acids is 1. The Morgan fingerprint density at radius 2 is 1.71 bits per heavy atom. The maximum Gasteiger partial charge on any atom is 0.416 e. The summed E-state index contributed by atoms with van der Waals surface area (Å²) in [6.45, 7) is 8.72. The molecule has 264 valence electrons. The first-order valence-electron chi connectivity index (χ1n) is 16.7. The van der Waals surface area contributed by atoms with Crippen molar-refractivity contribution in [2.45, 2.75) is 90.4 Å². The Balaban J connectivity index is 1.55. The summed E-state index contributed by atoms with van der Waals surface area (Å²) in [5, 5.41) is 12.5. The lowest BCUT2D eigenvalue weighted by Gasteiger charge is -2.31. The van der Waals surface area contributed by atoms with E-state index in [4.69, 9.17) is 0 Å². The Hall–Kier alpha value is -4.06. The van der Waals surface area contributed by atoms with Crippen LogP contribution in [0.25, 0.3) is 11.1 Å². The van der Waals surface area contributed by atoms with Crippen molar-refractivity contribution in [3.63, 3.8) is 0 Å². The Bertz CT molecular complexity index is 1790. The van der Waals surface area contributed by atoms with Crippen molar-refractivity contribution in [2.75, 3.05) is 19.6 Å². The first-order valence-corrected chi connectivity index (χ1v) is 16.7. The zero-order valence-corrected chi connectivity index (χ0v) is 28.1. The molecule has 2 heterocycles. The van der Waals surface area contributed by atoms with E-state index in [1.54, 1.807) is 26.8 Å². The van der Waals surface area contributed by atoms with E-state index in [2.05, 4.69) is 5.32 Å². The molecule has 5 rings (SSSR count). The zero-order chi connectivity index (χ0) is 35.8. The third-order valence-corrected chi connectivity index (χ3v) is 9.44. The van der Waals surface area contributed by atoms with Gasteiger partial charge in [-0.15, -0.1) is 0 Å². The van der Waals surface area contributed by atoms with Gasteiger partial charge < -0.3 is 19.9 Å². The first-order chi connectivity index (χ1) is 23.0.